The predicted molar refractivity (Wildman–Crippen MR) is 123 cm³/mol. The van der Waals surface area contributed by atoms with Crippen LogP contribution in [0.25, 0.3) is 10.8 Å². The van der Waals surface area contributed by atoms with Crippen molar-refractivity contribution in [2.24, 2.45) is 0 Å². The number of hydrogen-bond acceptors (Lipinski definition) is 5. The molecule has 0 saturated carbocycles. The zero-order valence-electron chi connectivity index (χ0n) is 17.6. The summed E-state index contributed by atoms with van der Waals surface area (Å²) < 4.78 is 16.1. The van der Waals surface area contributed by atoms with Crippen molar-refractivity contribution in [3.8, 4) is 17.2 Å². The average molecular weight is 426 g/mol. The van der Waals surface area contributed by atoms with Gasteiger partial charge in [-0.1, -0.05) is 18.2 Å². The highest BCUT2D eigenvalue weighted by Gasteiger charge is 2.10. The Hall–Kier alpha value is -2.86. The summed E-state index contributed by atoms with van der Waals surface area (Å²) in [4.78, 5) is 14.2. The van der Waals surface area contributed by atoms with E-state index in [4.69, 9.17) is 14.2 Å². The zero-order chi connectivity index (χ0) is 21.3. The SMILES string of the molecule is COc1ccc(OCCSCC(=O)N(C)Cc2ccc3cc(OC)ccc3c2)cc1. The molecular weight excluding hydrogens is 398 g/mol. The number of methoxy groups -OCH3 is 2. The van der Waals surface area contributed by atoms with Gasteiger partial charge in [-0.3, -0.25) is 4.79 Å². The van der Waals surface area contributed by atoms with E-state index < -0.39 is 0 Å². The lowest BCUT2D eigenvalue weighted by molar-refractivity contribution is -0.127. The fourth-order valence-electron chi connectivity index (χ4n) is 3.02. The largest absolute Gasteiger partial charge is 0.497 e. The summed E-state index contributed by atoms with van der Waals surface area (Å²) in [5.41, 5.74) is 1.11. The molecule has 1 amide bonds. The minimum Gasteiger partial charge on any atom is -0.497 e. The van der Waals surface area contributed by atoms with Gasteiger partial charge in [0.1, 0.15) is 17.2 Å². The first-order valence-electron chi connectivity index (χ1n) is 9.74. The number of ether oxygens (including phenoxy) is 3. The summed E-state index contributed by atoms with van der Waals surface area (Å²) in [6.07, 6.45) is 0. The summed E-state index contributed by atoms with van der Waals surface area (Å²) in [6.45, 7) is 1.14. The molecule has 3 rings (SSSR count). The molecule has 158 valence electrons. The third-order valence-electron chi connectivity index (χ3n) is 4.74. The Kier molecular flexibility index (Phi) is 7.85. The molecule has 3 aromatic carbocycles. The highest BCUT2D eigenvalue weighted by Crippen LogP contribution is 2.22. The third kappa shape index (κ3) is 6.07. The predicted octanol–water partition coefficient (Wildman–Crippen LogP) is 4.63. The lowest BCUT2D eigenvalue weighted by atomic mass is 10.1. The van der Waals surface area contributed by atoms with Crippen molar-refractivity contribution < 1.29 is 19.0 Å². The minimum atomic E-state index is 0.110. The van der Waals surface area contributed by atoms with Gasteiger partial charge in [0, 0.05) is 19.3 Å². The Balaban J connectivity index is 1.41. The molecule has 5 nitrogen and oxygen atoms in total. The van der Waals surface area contributed by atoms with E-state index in [2.05, 4.69) is 18.2 Å². The van der Waals surface area contributed by atoms with Crippen molar-refractivity contribution in [1.82, 2.24) is 4.90 Å². The molecule has 0 saturated heterocycles. The molecule has 0 aliphatic rings. The van der Waals surface area contributed by atoms with Gasteiger partial charge in [0.05, 0.1) is 26.6 Å². The standard InChI is InChI=1S/C24H27NO4S/c1-25(16-18-4-5-20-15-23(28-3)7-6-19(20)14-18)24(26)17-30-13-12-29-22-10-8-21(27-2)9-11-22/h4-11,14-15H,12-13,16-17H2,1-3H3. The number of thioether (sulfide) groups is 1. The van der Waals surface area contributed by atoms with E-state index in [1.807, 2.05) is 49.5 Å². The van der Waals surface area contributed by atoms with Crippen LogP contribution in [0, 0.1) is 0 Å². The van der Waals surface area contributed by atoms with Gasteiger partial charge in [-0.25, -0.2) is 0 Å². The number of amides is 1. The minimum absolute atomic E-state index is 0.110. The Morgan fingerprint density at radius 2 is 1.50 bits per heavy atom. The van der Waals surface area contributed by atoms with Crippen LogP contribution in [0.2, 0.25) is 0 Å². The molecule has 30 heavy (non-hydrogen) atoms. The Labute approximate surface area is 181 Å². The number of carbonyl (C=O) groups excluding carboxylic acids is 1. The molecule has 0 aliphatic carbocycles. The summed E-state index contributed by atoms with van der Waals surface area (Å²) >= 11 is 1.58. The van der Waals surface area contributed by atoms with E-state index in [9.17, 15) is 4.79 Å². The molecule has 0 bridgehead atoms. The maximum Gasteiger partial charge on any atom is 0.232 e. The molecule has 0 heterocycles. The molecule has 0 aromatic heterocycles. The van der Waals surface area contributed by atoms with Crippen LogP contribution in [0.5, 0.6) is 17.2 Å². The van der Waals surface area contributed by atoms with Gasteiger partial charge >= 0.3 is 0 Å². The second kappa shape index (κ2) is 10.8. The van der Waals surface area contributed by atoms with E-state index in [1.165, 1.54) is 0 Å². The number of benzene rings is 3. The van der Waals surface area contributed by atoms with Crippen LogP contribution in [0.1, 0.15) is 5.56 Å². The van der Waals surface area contributed by atoms with E-state index in [0.29, 0.717) is 18.9 Å². The molecule has 0 N–H and O–H groups in total. The number of fused-ring (bicyclic) bond motifs is 1. The Morgan fingerprint density at radius 1 is 0.867 bits per heavy atom. The molecule has 0 unspecified atom stereocenters. The van der Waals surface area contributed by atoms with E-state index in [-0.39, 0.29) is 5.91 Å². The van der Waals surface area contributed by atoms with Crippen LogP contribution in [-0.2, 0) is 11.3 Å². The van der Waals surface area contributed by atoms with Gasteiger partial charge in [0.15, 0.2) is 0 Å². The maximum atomic E-state index is 12.4. The van der Waals surface area contributed by atoms with Crippen LogP contribution < -0.4 is 14.2 Å². The zero-order valence-corrected chi connectivity index (χ0v) is 18.4. The first-order chi connectivity index (χ1) is 14.6. The summed E-state index contributed by atoms with van der Waals surface area (Å²) in [5.74, 6) is 3.75. The smallest absolute Gasteiger partial charge is 0.232 e. The van der Waals surface area contributed by atoms with Crippen LogP contribution in [0.15, 0.2) is 60.7 Å². The van der Waals surface area contributed by atoms with E-state index >= 15 is 0 Å². The van der Waals surface area contributed by atoms with E-state index in [0.717, 1.165) is 39.3 Å². The number of rotatable bonds is 10. The second-order valence-corrected chi connectivity index (χ2v) is 7.98. The van der Waals surface area contributed by atoms with Gasteiger partial charge in [0.25, 0.3) is 0 Å². The molecule has 0 spiro atoms. The van der Waals surface area contributed by atoms with Gasteiger partial charge in [-0.2, -0.15) is 0 Å². The highest BCUT2D eigenvalue weighted by molar-refractivity contribution is 7.99. The van der Waals surface area contributed by atoms with Gasteiger partial charge in [-0.05, 0) is 58.8 Å². The quantitative estimate of drug-likeness (QED) is 0.443. The number of hydrogen-bond donors (Lipinski definition) is 0. The second-order valence-electron chi connectivity index (χ2n) is 6.87. The molecule has 3 aromatic rings. The molecular formula is C24H27NO4S. The molecule has 0 radical (unpaired) electrons. The Morgan fingerprint density at radius 3 is 2.23 bits per heavy atom. The highest BCUT2D eigenvalue weighted by atomic mass is 32.2. The summed E-state index contributed by atoms with van der Waals surface area (Å²) in [6, 6.07) is 19.7. The van der Waals surface area contributed by atoms with Crippen molar-refractivity contribution in [3.05, 3.63) is 66.2 Å². The first-order valence-corrected chi connectivity index (χ1v) is 10.9. The topological polar surface area (TPSA) is 48.0 Å². The fourth-order valence-corrected chi connectivity index (χ4v) is 3.76. The summed E-state index contributed by atoms with van der Waals surface area (Å²) in [7, 11) is 5.15. The number of carbonyl (C=O) groups is 1. The van der Waals surface area contributed by atoms with Crippen LogP contribution in [0.4, 0.5) is 0 Å². The van der Waals surface area contributed by atoms with Gasteiger partial charge in [0.2, 0.25) is 5.91 Å². The van der Waals surface area contributed by atoms with Crippen molar-refractivity contribution in [2.75, 3.05) is 39.4 Å². The summed E-state index contributed by atoms with van der Waals surface area (Å²) in [5, 5.41) is 2.26. The Bertz CT molecular complexity index is 975. The molecule has 0 fully saturated rings. The lowest BCUT2D eigenvalue weighted by Crippen LogP contribution is -2.28. The normalized spacial score (nSPS) is 10.6. The molecule has 6 heteroatoms. The van der Waals surface area contributed by atoms with Crippen molar-refractivity contribution >= 4 is 28.4 Å². The van der Waals surface area contributed by atoms with Gasteiger partial charge in [-0.15, -0.1) is 11.8 Å². The van der Waals surface area contributed by atoms with E-state index in [1.54, 1.807) is 30.9 Å². The van der Waals surface area contributed by atoms with Crippen LogP contribution >= 0.6 is 11.8 Å². The average Bonchev–Trinajstić information content (AvgIpc) is 2.78. The van der Waals surface area contributed by atoms with Crippen LogP contribution in [0.3, 0.4) is 0 Å². The van der Waals surface area contributed by atoms with Crippen LogP contribution in [-0.4, -0.2) is 50.2 Å². The lowest BCUT2D eigenvalue weighted by Gasteiger charge is -2.17. The molecule has 0 aliphatic heterocycles. The van der Waals surface area contributed by atoms with Crippen molar-refractivity contribution in [3.63, 3.8) is 0 Å². The number of nitrogens with zero attached hydrogens (tertiary/aromatic N) is 1. The monoisotopic (exact) mass is 425 g/mol. The first kappa shape index (κ1) is 21.8. The fraction of sp³-hybridized carbons (Fsp3) is 0.292. The van der Waals surface area contributed by atoms with Gasteiger partial charge < -0.3 is 19.1 Å². The van der Waals surface area contributed by atoms with Crippen molar-refractivity contribution in [1.29, 1.82) is 0 Å². The maximum absolute atomic E-state index is 12.4. The van der Waals surface area contributed by atoms with Crippen molar-refractivity contribution in [2.45, 2.75) is 6.54 Å². The third-order valence-corrected chi connectivity index (χ3v) is 5.65. The molecule has 0 atom stereocenters.